The molecule has 1 heterocycles. The van der Waals surface area contributed by atoms with Gasteiger partial charge >= 0.3 is 0 Å². The van der Waals surface area contributed by atoms with Crippen LogP contribution in [0.5, 0.6) is 5.75 Å². The third kappa shape index (κ3) is 5.80. The average Bonchev–Trinajstić information content (AvgIpc) is 2.51. The maximum Gasteiger partial charge on any atom is 0.225 e. The number of likely N-dealkylation sites (tertiary alicyclic amines) is 1. The topological polar surface area (TPSA) is 61.8 Å². The SMILES string of the molecule is CC(C)CCOc1ccc(CN2CC(C(=O)N[C@H](C)CO)C2)cc1. The molecule has 1 aliphatic heterocycles. The van der Waals surface area contributed by atoms with Gasteiger partial charge in [-0.2, -0.15) is 0 Å². The van der Waals surface area contributed by atoms with Crippen molar-refractivity contribution in [3.63, 3.8) is 0 Å². The van der Waals surface area contributed by atoms with E-state index in [4.69, 9.17) is 9.84 Å². The molecule has 0 unspecified atom stereocenters. The van der Waals surface area contributed by atoms with Crippen molar-refractivity contribution in [2.24, 2.45) is 11.8 Å². The van der Waals surface area contributed by atoms with E-state index in [1.165, 1.54) is 5.56 Å². The molecule has 24 heavy (non-hydrogen) atoms. The Balaban J connectivity index is 1.69. The van der Waals surface area contributed by atoms with Gasteiger partial charge in [0.05, 0.1) is 19.1 Å². The van der Waals surface area contributed by atoms with Gasteiger partial charge in [-0.25, -0.2) is 0 Å². The van der Waals surface area contributed by atoms with Crippen LogP contribution in [0, 0.1) is 11.8 Å². The first-order valence-corrected chi connectivity index (χ1v) is 8.83. The Morgan fingerprint density at radius 2 is 1.96 bits per heavy atom. The maximum atomic E-state index is 11.9. The third-order valence-electron chi connectivity index (χ3n) is 4.28. The standard InChI is InChI=1S/C19H30N2O3/c1-14(2)8-9-24-18-6-4-16(5-7-18)10-21-11-17(12-21)19(23)20-15(3)13-22/h4-7,14-15,17,22H,8-13H2,1-3H3,(H,20,23)/t15-/m1/s1. The van der Waals surface area contributed by atoms with Crippen molar-refractivity contribution >= 4 is 5.91 Å². The summed E-state index contributed by atoms with van der Waals surface area (Å²) in [5, 5.41) is 11.8. The largest absolute Gasteiger partial charge is 0.494 e. The lowest BCUT2D eigenvalue weighted by atomic mass is 9.98. The summed E-state index contributed by atoms with van der Waals surface area (Å²) < 4.78 is 5.73. The Kier molecular flexibility index (Phi) is 7.06. The second-order valence-electron chi connectivity index (χ2n) is 7.16. The van der Waals surface area contributed by atoms with Gasteiger partial charge < -0.3 is 15.2 Å². The van der Waals surface area contributed by atoms with Crippen molar-refractivity contribution in [3.05, 3.63) is 29.8 Å². The van der Waals surface area contributed by atoms with Crippen LogP contribution in [-0.4, -0.2) is 48.3 Å². The Labute approximate surface area is 145 Å². The fourth-order valence-corrected chi connectivity index (χ4v) is 2.63. The molecule has 2 rings (SSSR count). The van der Waals surface area contributed by atoms with Gasteiger partial charge in [-0.15, -0.1) is 0 Å². The van der Waals surface area contributed by atoms with E-state index >= 15 is 0 Å². The Bertz CT molecular complexity index is 510. The predicted octanol–water partition coefficient (Wildman–Crippen LogP) is 2.04. The quantitative estimate of drug-likeness (QED) is 0.725. The number of nitrogens with zero attached hydrogens (tertiary/aromatic N) is 1. The molecule has 1 saturated heterocycles. The molecule has 0 aromatic heterocycles. The summed E-state index contributed by atoms with van der Waals surface area (Å²) in [6, 6.07) is 8.04. The van der Waals surface area contributed by atoms with Gasteiger partial charge in [-0.05, 0) is 37.0 Å². The number of ether oxygens (including phenoxy) is 1. The maximum absolute atomic E-state index is 11.9. The Morgan fingerprint density at radius 3 is 2.54 bits per heavy atom. The summed E-state index contributed by atoms with van der Waals surface area (Å²) in [7, 11) is 0. The molecule has 0 aliphatic carbocycles. The number of benzene rings is 1. The van der Waals surface area contributed by atoms with E-state index in [2.05, 4.69) is 36.2 Å². The van der Waals surface area contributed by atoms with Gasteiger partial charge in [-0.3, -0.25) is 9.69 Å². The molecule has 5 heteroatoms. The van der Waals surface area contributed by atoms with Crippen molar-refractivity contribution in [2.75, 3.05) is 26.3 Å². The number of aliphatic hydroxyl groups is 1. The fourth-order valence-electron chi connectivity index (χ4n) is 2.63. The lowest BCUT2D eigenvalue weighted by molar-refractivity contribution is -0.131. The summed E-state index contributed by atoms with van der Waals surface area (Å²) in [5.41, 5.74) is 1.23. The van der Waals surface area contributed by atoms with Gasteiger partial charge in [0.2, 0.25) is 5.91 Å². The van der Waals surface area contributed by atoms with Crippen LogP contribution in [0.25, 0.3) is 0 Å². The van der Waals surface area contributed by atoms with Crippen LogP contribution in [0.3, 0.4) is 0 Å². The predicted molar refractivity (Wildman–Crippen MR) is 94.8 cm³/mol. The Morgan fingerprint density at radius 1 is 1.29 bits per heavy atom. The number of carbonyl (C=O) groups excluding carboxylic acids is 1. The van der Waals surface area contributed by atoms with E-state index in [9.17, 15) is 4.79 Å². The van der Waals surface area contributed by atoms with Crippen molar-refractivity contribution in [3.8, 4) is 5.75 Å². The zero-order valence-corrected chi connectivity index (χ0v) is 15.0. The molecule has 1 fully saturated rings. The molecular weight excluding hydrogens is 304 g/mol. The van der Waals surface area contributed by atoms with Crippen LogP contribution < -0.4 is 10.1 Å². The molecule has 1 aromatic carbocycles. The zero-order chi connectivity index (χ0) is 17.5. The highest BCUT2D eigenvalue weighted by Crippen LogP contribution is 2.20. The average molecular weight is 334 g/mol. The van der Waals surface area contributed by atoms with E-state index in [0.717, 1.165) is 38.4 Å². The molecule has 1 aromatic rings. The van der Waals surface area contributed by atoms with Crippen LogP contribution in [0.1, 0.15) is 32.8 Å². The van der Waals surface area contributed by atoms with Crippen LogP contribution in [0.15, 0.2) is 24.3 Å². The van der Waals surface area contributed by atoms with E-state index in [0.29, 0.717) is 5.92 Å². The summed E-state index contributed by atoms with van der Waals surface area (Å²) >= 11 is 0. The second kappa shape index (κ2) is 9.04. The van der Waals surface area contributed by atoms with Crippen LogP contribution in [0.4, 0.5) is 0 Å². The minimum atomic E-state index is -0.171. The second-order valence-corrected chi connectivity index (χ2v) is 7.16. The lowest BCUT2D eigenvalue weighted by Crippen LogP contribution is -2.54. The molecule has 0 bridgehead atoms. The van der Waals surface area contributed by atoms with Crippen molar-refractivity contribution < 1.29 is 14.6 Å². The molecule has 2 N–H and O–H groups in total. The highest BCUT2D eigenvalue weighted by molar-refractivity contribution is 5.80. The third-order valence-corrected chi connectivity index (χ3v) is 4.28. The molecule has 0 spiro atoms. The first-order valence-electron chi connectivity index (χ1n) is 8.83. The summed E-state index contributed by atoms with van der Waals surface area (Å²) in [4.78, 5) is 14.2. The number of amides is 1. The molecule has 1 aliphatic rings. The molecular formula is C19H30N2O3. The van der Waals surface area contributed by atoms with Gasteiger partial charge in [0.15, 0.2) is 0 Å². The monoisotopic (exact) mass is 334 g/mol. The van der Waals surface area contributed by atoms with Gasteiger partial charge in [0.1, 0.15) is 5.75 Å². The molecule has 0 saturated carbocycles. The Hall–Kier alpha value is -1.59. The number of hydrogen-bond acceptors (Lipinski definition) is 4. The minimum Gasteiger partial charge on any atom is -0.494 e. The normalized spacial score (nSPS) is 16.7. The van der Waals surface area contributed by atoms with Crippen LogP contribution in [-0.2, 0) is 11.3 Å². The number of hydrogen-bond donors (Lipinski definition) is 2. The van der Waals surface area contributed by atoms with Crippen molar-refractivity contribution in [1.82, 2.24) is 10.2 Å². The molecule has 1 amide bonds. The summed E-state index contributed by atoms with van der Waals surface area (Å²) in [6.07, 6.45) is 1.06. The smallest absolute Gasteiger partial charge is 0.225 e. The zero-order valence-electron chi connectivity index (χ0n) is 15.0. The van der Waals surface area contributed by atoms with E-state index < -0.39 is 0 Å². The summed E-state index contributed by atoms with van der Waals surface area (Å²) in [5.74, 6) is 1.65. The number of aliphatic hydroxyl groups excluding tert-OH is 1. The van der Waals surface area contributed by atoms with Crippen LogP contribution >= 0.6 is 0 Å². The van der Waals surface area contributed by atoms with Gasteiger partial charge in [0, 0.05) is 25.7 Å². The lowest BCUT2D eigenvalue weighted by Gasteiger charge is -2.38. The first-order chi connectivity index (χ1) is 11.5. The molecule has 0 radical (unpaired) electrons. The highest BCUT2D eigenvalue weighted by Gasteiger charge is 2.32. The fraction of sp³-hybridized carbons (Fsp3) is 0.632. The number of carbonyl (C=O) groups is 1. The molecule has 5 nitrogen and oxygen atoms in total. The van der Waals surface area contributed by atoms with Gasteiger partial charge in [-0.1, -0.05) is 26.0 Å². The van der Waals surface area contributed by atoms with E-state index in [1.807, 2.05) is 12.1 Å². The number of rotatable bonds is 9. The van der Waals surface area contributed by atoms with Crippen molar-refractivity contribution in [1.29, 1.82) is 0 Å². The molecule has 134 valence electrons. The molecule has 1 atom stereocenters. The van der Waals surface area contributed by atoms with E-state index in [1.54, 1.807) is 6.92 Å². The minimum absolute atomic E-state index is 0.0201. The van der Waals surface area contributed by atoms with Crippen LogP contribution in [0.2, 0.25) is 0 Å². The van der Waals surface area contributed by atoms with Gasteiger partial charge in [0.25, 0.3) is 0 Å². The first kappa shape index (κ1) is 18.7. The highest BCUT2D eigenvalue weighted by atomic mass is 16.5. The van der Waals surface area contributed by atoms with E-state index in [-0.39, 0.29) is 24.5 Å². The number of nitrogens with one attached hydrogen (secondary N) is 1. The van der Waals surface area contributed by atoms with Crippen molar-refractivity contribution in [2.45, 2.75) is 39.8 Å². The summed E-state index contributed by atoms with van der Waals surface area (Å²) in [6.45, 7) is 9.33.